The van der Waals surface area contributed by atoms with Crippen LogP contribution in [0.2, 0.25) is 0 Å². The van der Waals surface area contributed by atoms with Crippen LogP contribution in [0.15, 0.2) is 91.0 Å². The number of halogens is 3. The maximum atomic E-state index is 14.1. The number of urea groups is 1. The van der Waals surface area contributed by atoms with Gasteiger partial charge >= 0.3 is 24.1 Å². The highest BCUT2D eigenvalue weighted by molar-refractivity contribution is 6.09. The topological polar surface area (TPSA) is 145 Å². The van der Waals surface area contributed by atoms with E-state index < -0.39 is 47.4 Å². The number of rotatable bonds is 9. The number of carbonyl (C=O) groups is 5. The third kappa shape index (κ3) is 7.82. The van der Waals surface area contributed by atoms with Gasteiger partial charge in [0.25, 0.3) is 0 Å². The number of benzene rings is 3. The highest BCUT2D eigenvalue weighted by Crippen LogP contribution is 2.45. The summed E-state index contributed by atoms with van der Waals surface area (Å²) in [4.78, 5) is 66.6. The van der Waals surface area contributed by atoms with E-state index in [9.17, 15) is 32.3 Å². The number of fused-ring (bicyclic) bond motifs is 1. The molecule has 3 N–H and O–H groups in total. The smallest absolute Gasteiger partial charge is 0.475 e. The molecule has 0 unspecified atom stereocenters. The number of anilines is 1. The zero-order chi connectivity index (χ0) is 35.1. The molecule has 48 heavy (non-hydrogen) atoms. The summed E-state index contributed by atoms with van der Waals surface area (Å²) in [5, 5.41) is 13.4. The van der Waals surface area contributed by atoms with Crippen LogP contribution >= 0.6 is 0 Å². The van der Waals surface area contributed by atoms with E-state index in [0.717, 1.165) is 11.1 Å². The van der Waals surface area contributed by atoms with Gasteiger partial charge in [0.15, 0.2) is 0 Å². The summed E-state index contributed by atoms with van der Waals surface area (Å²) >= 11 is 0. The van der Waals surface area contributed by atoms with Gasteiger partial charge in [-0.2, -0.15) is 13.2 Å². The number of likely N-dealkylation sites (tertiary alicyclic amines) is 1. The van der Waals surface area contributed by atoms with Crippen LogP contribution in [0.3, 0.4) is 0 Å². The minimum absolute atomic E-state index is 0.104. The van der Waals surface area contributed by atoms with Crippen LogP contribution in [0.25, 0.3) is 0 Å². The van der Waals surface area contributed by atoms with Gasteiger partial charge in [-0.15, -0.1) is 0 Å². The Bertz CT molecular complexity index is 1610. The fraction of sp³-hybridized carbons (Fsp3) is 0.324. The molecule has 0 saturated carbocycles. The average Bonchev–Trinajstić information content (AvgIpc) is 3.52. The lowest BCUT2D eigenvalue weighted by Crippen LogP contribution is -2.60. The number of esters is 1. The Labute approximate surface area is 274 Å². The average molecular weight is 669 g/mol. The second-order valence-corrected chi connectivity index (χ2v) is 11.3. The minimum Gasteiger partial charge on any atom is -0.475 e. The maximum Gasteiger partial charge on any atom is 0.490 e. The van der Waals surface area contributed by atoms with E-state index in [4.69, 9.17) is 14.6 Å². The molecule has 0 spiro atoms. The van der Waals surface area contributed by atoms with Crippen LogP contribution in [-0.2, 0) is 36.9 Å². The van der Waals surface area contributed by atoms with Crippen molar-refractivity contribution in [1.29, 1.82) is 0 Å². The van der Waals surface area contributed by atoms with Crippen LogP contribution in [0.5, 0.6) is 0 Å². The third-order valence-electron chi connectivity index (χ3n) is 8.26. The molecular formula is C34H35F3N4O7. The van der Waals surface area contributed by atoms with Crippen LogP contribution in [0.4, 0.5) is 23.7 Å². The Hall–Kier alpha value is -5.24. The highest BCUT2D eigenvalue weighted by atomic mass is 19.4. The molecule has 5 rings (SSSR count). The number of nitrogens with zero attached hydrogens (tertiary/aromatic N) is 2. The Morgan fingerprint density at radius 1 is 0.917 bits per heavy atom. The van der Waals surface area contributed by atoms with Crippen molar-refractivity contribution in [2.24, 2.45) is 11.8 Å². The summed E-state index contributed by atoms with van der Waals surface area (Å²) in [5.41, 5.74) is 0.782. The SMILES string of the molecule is CCN(C[C@H]1N[C@@](Cc2ccccc2)(C(=O)OC)[C@H]2C(=O)N(Cc3ccccc3)C(=O)[C@@H]12)C(=O)Nc1ccccc1.O=C(O)C(F)(F)F. The molecule has 254 valence electrons. The monoisotopic (exact) mass is 668 g/mol. The number of aliphatic carboxylic acids is 1. The largest absolute Gasteiger partial charge is 0.490 e. The predicted octanol–water partition coefficient (Wildman–Crippen LogP) is 4.10. The summed E-state index contributed by atoms with van der Waals surface area (Å²) < 4.78 is 37.0. The first-order valence-electron chi connectivity index (χ1n) is 15.0. The highest BCUT2D eigenvalue weighted by Gasteiger charge is 2.68. The predicted molar refractivity (Wildman–Crippen MR) is 167 cm³/mol. The number of carboxylic acids is 1. The minimum atomic E-state index is -5.08. The standard InChI is InChI=1S/C32H34N4O5.C2HF3O2/c1-3-35(31(40)33-24-17-11-6-12-18-24)21-25-26-27(29(38)36(28(26)37)20-23-15-9-5-10-16-23)32(34-25,30(39)41-2)19-22-13-7-4-8-14-22;3-2(4,5)1(6)7/h4-18,25-27,34H,3,19-21H2,1-2H3,(H,33,40);(H,6,7)/t25-,26+,27-,32-;/m1./s1. The van der Waals surface area contributed by atoms with Crippen molar-refractivity contribution in [2.75, 3.05) is 25.5 Å². The molecule has 2 aliphatic heterocycles. The second-order valence-electron chi connectivity index (χ2n) is 11.3. The van der Waals surface area contributed by atoms with E-state index in [-0.39, 0.29) is 31.4 Å². The quantitative estimate of drug-likeness (QED) is 0.228. The van der Waals surface area contributed by atoms with Crippen molar-refractivity contribution in [2.45, 2.75) is 37.6 Å². The molecule has 0 aliphatic carbocycles. The van der Waals surface area contributed by atoms with Crippen LogP contribution in [0, 0.1) is 11.8 Å². The van der Waals surface area contributed by atoms with Gasteiger partial charge in [-0.3, -0.25) is 24.6 Å². The summed E-state index contributed by atoms with van der Waals surface area (Å²) in [6.07, 6.45) is -4.93. The van der Waals surface area contributed by atoms with Crippen molar-refractivity contribution < 1.29 is 47.0 Å². The lowest BCUT2D eigenvalue weighted by molar-refractivity contribution is -0.192. The maximum absolute atomic E-state index is 14.1. The molecule has 0 radical (unpaired) electrons. The van der Waals surface area contributed by atoms with Gasteiger partial charge in [0.2, 0.25) is 11.8 Å². The number of carboxylic acid groups (broad SMARTS) is 1. The number of imide groups is 1. The molecule has 2 fully saturated rings. The van der Waals surface area contributed by atoms with Crippen molar-refractivity contribution in [3.8, 4) is 0 Å². The Kier molecular flexibility index (Phi) is 11.2. The number of amides is 4. The van der Waals surface area contributed by atoms with Crippen LogP contribution in [0.1, 0.15) is 18.1 Å². The summed E-state index contributed by atoms with van der Waals surface area (Å²) in [5.74, 6) is -6.00. The molecule has 2 heterocycles. The van der Waals surface area contributed by atoms with Crippen LogP contribution < -0.4 is 10.6 Å². The molecule has 4 amide bonds. The number of ether oxygens (including phenoxy) is 1. The second kappa shape index (κ2) is 15.1. The van der Waals surface area contributed by atoms with Gasteiger partial charge in [-0.25, -0.2) is 9.59 Å². The molecule has 0 bridgehead atoms. The van der Waals surface area contributed by atoms with E-state index in [2.05, 4.69) is 10.6 Å². The Morgan fingerprint density at radius 3 is 1.94 bits per heavy atom. The lowest BCUT2D eigenvalue weighted by Gasteiger charge is -2.33. The number of para-hydroxylation sites is 1. The first-order valence-corrected chi connectivity index (χ1v) is 15.0. The van der Waals surface area contributed by atoms with Gasteiger partial charge in [0, 0.05) is 31.2 Å². The van der Waals surface area contributed by atoms with E-state index in [1.54, 1.807) is 17.0 Å². The molecule has 2 saturated heterocycles. The fourth-order valence-corrected chi connectivity index (χ4v) is 6.10. The Morgan fingerprint density at radius 2 is 1.44 bits per heavy atom. The van der Waals surface area contributed by atoms with Gasteiger partial charge in [0.1, 0.15) is 5.54 Å². The zero-order valence-corrected chi connectivity index (χ0v) is 26.1. The number of methoxy groups -OCH3 is 1. The van der Waals surface area contributed by atoms with Crippen molar-refractivity contribution >= 4 is 35.5 Å². The summed E-state index contributed by atoms with van der Waals surface area (Å²) in [6, 6.07) is 26.7. The molecule has 4 atom stereocenters. The first kappa shape index (κ1) is 35.6. The first-order chi connectivity index (χ1) is 22.8. The van der Waals surface area contributed by atoms with Gasteiger partial charge in [0.05, 0.1) is 25.5 Å². The molecule has 2 aliphatic rings. The summed E-state index contributed by atoms with van der Waals surface area (Å²) in [6.45, 7) is 2.42. The number of likely N-dealkylation sites (N-methyl/N-ethyl adjacent to an activating group) is 1. The lowest BCUT2D eigenvalue weighted by atomic mass is 9.76. The molecule has 14 heteroatoms. The number of hydrogen-bond acceptors (Lipinski definition) is 7. The molecule has 0 aromatic heterocycles. The number of nitrogens with one attached hydrogen (secondary N) is 2. The molecule has 3 aromatic carbocycles. The fourth-order valence-electron chi connectivity index (χ4n) is 6.10. The molecule has 3 aromatic rings. The normalized spacial score (nSPS) is 21.5. The number of alkyl halides is 3. The van der Waals surface area contributed by atoms with E-state index in [1.807, 2.05) is 85.8 Å². The van der Waals surface area contributed by atoms with Gasteiger partial charge in [-0.1, -0.05) is 78.9 Å². The van der Waals surface area contributed by atoms with Gasteiger partial charge < -0.3 is 20.1 Å². The number of hydrogen-bond donors (Lipinski definition) is 3. The summed E-state index contributed by atoms with van der Waals surface area (Å²) in [7, 11) is 1.29. The third-order valence-corrected chi connectivity index (χ3v) is 8.26. The molecule has 11 nitrogen and oxygen atoms in total. The van der Waals surface area contributed by atoms with Crippen molar-refractivity contribution in [1.82, 2.24) is 15.1 Å². The molecular weight excluding hydrogens is 633 g/mol. The van der Waals surface area contributed by atoms with E-state index in [0.29, 0.717) is 12.2 Å². The zero-order valence-electron chi connectivity index (χ0n) is 26.1. The van der Waals surface area contributed by atoms with E-state index in [1.165, 1.54) is 12.0 Å². The van der Waals surface area contributed by atoms with Crippen molar-refractivity contribution in [3.05, 3.63) is 102 Å². The van der Waals surface area contributed by atoms with Crippen molar-refractivity contribution in [3.63, 3.8) is 0 Å². The number of carbonyl (C=O) groups excluding carboxylic acids is 4. The van der Waals surface area contributed by atoms with Crippen LogP contribution in [-0.4, -0.2) is 82.6 Å². The van der Waals surface area contributed by atoms with Gasteiger partial charge in [-0.05, 0) is 30.2 Å². The van der Waals surface area contributed by atoms with E-state index >= 15 is 0 Å². The Balaban J connectivity index is 0.000000671.